The van der Waals surface area contributed by atoms with Crippen molar-refractivity contribution in [1.29, 1.82) is 0 Å². The third-order valence-corrected chi connectivity index (χ3v) is 5.67. The lowest BCUT2D eigenvalue weighted by Gasteiger charge is -2.35. The molecule has 4 rings (SSSR count). The Morgan fingerprint density at radius 3 is 2.48 bits per heavy atom. The number of hydrogen-bond acceptors (Lipinski definition) is 4. The van der Waals surface area contributed by atoms with Crippen molar-refractivity contribution in [3.8, 4) is 0 Å². The van der Waals surface area contributed by atoms with Crippen molar-refractivity contribution < 1.29 is 18.4 Å². The lowest BCUT2D eigenvalue weighted by molar-refractivity contribution is 0.0925. The first-order valence-corrected chi connectivity index (χ1v) is 10.8. The molecule has 1 saturated heterocycles. The second-order valence-corrected chi connectivity index (χ2v) is 7.92. The van der Waals surface area contributed by atoms with Gasteiger partial charge in [0.15, 0.2) is 0 Å². The number of piperidine rings is 1. The predicted octanol–water partition coefficient (Wildman–Crippen LogP) is 3.69. The van der Waals surface area contributed by atoms with E-state index in [-0.39, 0.29) is 17.5 Å². The fourth-order valence-corrected chi connectivity index (χ4v) is 3.92. The van der Waals surface area contributed by atoms with Crippen LogP contribution in [-0.2, 0) is 6.54 Å². The molecule has 0 radical (unpaired) electrons. The molecule has 1 aromatic heterocycles. The fourth-order valence-electron chi connectivity index (χ4n) is 3.92. The standard InChI is InChI=1S/C25H24F2N4O2/c26-18-7-8-20(22(27)14-18)25(33)30-19-9-12-31(13-10-19)23-6-2-1-5-21(23)24(32)29-16-17-4-3-11-28-15-17/h1-8,11,14-15,19H,9-10,12-13,16H2,(H,29,32)(H,30,33). The summed E-state index contributed by atoms with van der Waals surface area (Å²) < 4.78 is 27.0. The van der Waals surface area contributed by atoms with Crippen LogP contribution in [0.2, 0.25) is 0 Å². The van der Waals surface area contributed by atoms with Gasteiger partial charge in [-0.1, -0.05) is 18.2 Å². The Labute approximate surface area is 190 Å². The number of nitrogens with zero attached hydrogens (tertiary/aromatic N) is 2. The molecule has 33 heavy (non-hydrogen) atoms. The number of hydrogen-bond donors (Lipinski definition) is 2. The van der Waals surface area contributed by atoms with Gasteiger partial charge in [-0.15, -0.1) is 0 Å². The maximum absolute atomic E-state index is 13.9. The lowest BCUT2D eigenvalue weighted by Crippen LogP contribution is -2.45. The molecule has 170 valence electrons. The molecule has 3 aromatic rings. The SMILES string of the molecule is O=C(NC1CCN(c2ccccc2C(=O)NCc2cccnc2)CC1)c1ccc(F)cc1F. The monoisotopic (exact) mass is 450 g/mol. The Kier molecular flexibility index (Phi) is 6.92. The highest BCUT2D eigenvalue weighted by Crippen LogP contribution is 2.25. The van der Waals surface area contributed by atoms with E-state index in [2.05, 4.69) is 20.5 Å². The van der Waals surface area contributed by atoms with E-state index in [0.717, 1.165) is 23.4 Å². The normalized spacial score (nSPS) is 14.1. The average Bonchev–Trinajstić information content (AvgIpc) is 2.83. The van der Waals surface area contributed by atoms with Gasteiger partial charge in [-0.2, -0.15) is 0 Å². The average molecular weight is 450 g/mol. The van der Waals surface area contributed by atoms with Crippen molar-refractivity contribution in [2.24, 2.45) is 0 Å². The molecule has 6 nitrogen and oxygen atoms in total. The van der Waals surface area contributed by atoms with Gasteiger partial charge in [0.1, 0.15) is 11.6 Å². The summed E-state index contributed by atoms with van der Waals surface area (Å²) in [4.78, 5) is 31.4. The summed E-state index contributed by atoms with van der Waals surface area (Å²) in [5.74, 6) is -2.32. The minimum Gasteiger partial charge on any atom is -0.371 e. The third-order valence-electron chi connectivity index (χ3n) is 5.67. The van der Waals surface area contributed by atoms with Gasteiger partial charge in [0.25, 0.3) is 11.8 Å². The van der Waals surface area contributed by atoms with Crippen LogP contribution in [0.25, 0.3) is 0 Å². The zero-order valence-corrected chi connectivity index (χ0v) is 17.9. The van der Waals surface area contributed by atoms with E-state index in [1.807, 2.05) is 30.3 Å². The van der Waals surface area contributed by atoms with E-state index in [4.69, 9.17) is 0 Å². The smallest absolute Gasteiger partial charge is 0.254 e. The number of amides is 2. The Bertz CT molecular complexity index is 1130. The highest BCUT2D eigenvalue weighted by molar-refractivity contribution is 5.99. The molecule has 0 bridgehead atoms. The molecule has 8 heteroatoms. The van der Waals surface area contributed by atoms with Crippen LogP contribution in [0.4, 0.5) is 14.5 Å². The van der Waals surface area contributed by atoms with Crippen LogP contribution in [0, 0.1) is 11.6 Å². The maximum Gasteiger partial charge on any atom is 0.254 e. The molecule has 2 aromatic carbocycles. The zero-order valence-electron chi connectivity index (χ0n) is 17.9. The van der Waals surface area contributed by atoms with E-state index < -0.39 is 17.5 Å². The molecule has 1 fully saturated rings. The van der Waals surface area contributed by atoms with Crippen molar-refractivity contribution >= 4 is 17.5 Å². The second kappa shape index (κ2) is 10.2. The second-order valence-electron chi connectivity index (χ2n) is 7.92. The van der Waals surface area contributed by atoms with Crippen LogP contribution in [0.1, 0.15) is 39.1 Å². The van der Waals surface area contributed by atoms with E-state index in [0.29, 0.717) is 44.1 Å². The van der Waals surface area contributed by atoms with Gasteiger partial charge < -0.3 is 15.5 Å². The number of anilines is 1. The topological polar surface area (TPSA) is 74.3 Å². The maximum atomic E-state index is 13.9. The molecular formula is C25H24F2N4O2. The number of nitrogens with one attached hydrogen (secondary N) is 2. The van der Waals surface area contributed by atoms with Crippen molar-refractivity contribution in [2.75, 3.05) is 18.0 Å². The van der Waals surface area contributed by atoms with Crippen LogP contribution in [0.3, 0.4) is 0 Å². The molecule has 2 amide bonds. The summed E-state index contributed by atoms with van der Waals surface area (Å²) in [7, 11) is 0. The van der Waals surface area contributed by atoms with Gasteiger partial charge >= 0.3 is 0 Å². The van der Waals surface area contributed by atoms with Crippen LogP contribution in [0.5, 0.6) is 0 Å². The number of para-hydroxylation sites is 1. The minimum absolute atomic E-state index is 0.134. The lowest BCUT2D eigenvalue weighted by atomic mass is 10.0. The van der Waals surface area contributed by atoms with Crippen molar-refractivity contribution in [1.82, 2.24) is 15.6 Å². The zero-order chi connectivity index (χ0) is 23.2. The molecule has 0 spiro atoms. The first-order chi connectivity index (χ1) is 16.0. The van der Waals surface area contributed by atoms with Gasteiger partial charge in [-0.25, -0.2) is 8.78 Å². The molecule has 2 N–H and O–H groups in total. The van der Waals surface area contributed by atoms with Gasteiger partial charge in [0.05, 0.1) is 11.1 Å². The summed E-state index contributed by atoms with van der Waals surface area (Å²) >= 11 is 0. The Morgan fingerprint density at radius 1 is 0.970 bits per heavy atom. The van der Waals surface area contributed by atoms with Crippen molar-refractivity contribution in [3.63, 3.8) is 0 Å². The van der Waals surface area contributed by atoms with Crippen LogP contribution >= 0.6 is 0 Å². The van der Waals surface area contributed by atoms with Gasteiger partial charge in [0.2, 0.25) is 0 Å². The Balaban J connectivity index is 1.36. The van der Waals surface area contributed by atoms with Crippen molar-refractivity contribution in [2.45, 2.75) is 25.4 Å². The molecule has 0 atom stereocenters. The summed E-state index contributed by atoms with van der Waals surface area (Å²) in [5.41, 5.74) is 2.15. The largest absolute Gasteiger partial charge is 0.371 e. The van der Waals surface area contributed by atoms with E-state index in [1.54, 1.807) is 18.5 Å². The van der Waals surface area contributed by atoms with Gasteiger partial charge in [0, 0.05) is 49.8 Å². The van der Waals surface area contributed by atoms with E-state index >= 15 is 0 Å². The summed E-state index contributed by atoms with van der Waals surface area (Å²) in [6.45, 7) is 1.64. The van der Waals surface area contributed by atoms with E-state index in [1.165, 1.54) is 0 Å². The minimum atomic E-state index is -0.879. The number of rotatable bonds is 6. The molecule has 0 aliphatic carbocycles. The number of aromatic nitrogens is 1. The quantitative estimate of drug-likeness (QED) is 0.601. The van der Waals surface area contributed by atoms with Gasteiger partial charge in [-0.05, 0) is 48.7 Å². The van der Waals surface area contributed by atoms with Crippen LogP contribution in [-0.4, -0.2) is 35.9 Å². The number of benzene rings is 2. The molecule has 1 aliphatic rings. The number of pyridine rings is 1. The highest BCUT2D eigenvalue weighted by atomic mass is 19.1. The Morgan fingerprint density at radius 2 is 1.76 bits per heavy atom. The first-order valence-electron chi connectivity index (χ1n) is 10.8. The molecule has 0 saturated carbocycles. The highest BCUT2D eigenvalue weighted by Gasteiger charge is 2.25. The molecule has 1 aliphatic heterocycles. The third kappa shape index (κ3) is 5.52. The number of carbonyl (C=O) groups excluding carboxylic acids is 2. The first kappa shape index (κ1) is 22.4. The van der Waals surface area contributed by atoms with Crippen molar-refractivity contribution in [3.05, 3.63) is 95.3 Å². The molecule has 0 unspecified atom stereocenters. The van der Waals surface area contributed by atoms with Crippen LogP contribution in [0.15, 0.2) is 67.0 Å². The van der Waals surface area contributed by atoms with E-state index in [9.17, 15) is 18.4 Å². The van der Waals surface area contributed by atoms with Gasteiger partial charge in [-0.3, -0.25) is 14.6 Å². The summed E-state index contributed by atoms with van der Waals surface area (Å²) in [6, 6.07) is 13.9. The summed E-state index contributed by atoms with van der Waals surface area (Å²) in [5, 5.41) is 5.76. The number of halogens is 2. The fraction of sp³-hybridized carbons (Fsp3) is 0.240. The number of carbonyl (C=O) groups is 2. The summed E-state index contributed by atoms with van der Waals surface area (Å²) in [6.07, 6.45) is 4.67. The predicted molar refractivity (Wildman–Crippen MR) is 121 cm³/mol. The molecular weight excluding hydrogens is 426 g/mol. The van der Waals surface area contributed by atoms with Crippen LogP contribution < -0.4 is 15.5 Å². The Hall–Kier alpha value is -3.81. The molecule has 2 heterocycles.